The molecule has 1 aromatic rings. The van der Waals surface area contributed by atoms with Crippen molar-refractivity contribution in [2.45, 2.75) is 25.7 Å². The fourth-order valence-corrected chi connectivity index (χ4v) is 3.91. The third-order valence-corrected chi connectivity index (χ3v) is 5.66. The first-order valence-corrected chi connectivity index (χ1v) is 9.62. The van der Waals surface area contributed by atoms with E-state index in [-0.39, 0.29) is 11.8 Å². The summed E-state index contributed by atoms with van der Waals surface area (Å²) in [5.41, 5.74) is 1.11. The van der Waals surface area contributed by atoms with Crippen LogP contribution in [0.4, 0.5) is 0 Å². The minimum atomic E-state index is -0.130. The largest absolute Gasteiger partial charge is 0.301 e. The molecule has 0 aromatic heterocycles. The molecule has 0 radical (unpaired) electrons. The molecule has 0 spiro atoms. The van der Waals surface area contributed by atoms with Gasteiger partial charge in [0, 0.05) is 39.3 Å². The van der Waals surface area contributed by atoms with Gasteiger partial charge in [-0.3, -0.25) is 14.5 Å². The lowest BCUT2D eigenvalue weighted by Gasteiger charge is -2.34. The van der Waals surface area contributed by atoms with Crippen molar-refractivity contribution in [1.82, 2.24) is 14.7 Å². The summed E-state index contributed by atoms with van der Waals surface area (Å²) in [4.78, 5) is 31.2. The second-order valence-corrected chi connectivity index (χ2v) is 7.60. The molecule has 134 valence electrons. The highest BCUT2D eigenvalue weighted by Crippen LogP contribution is 2.30. The Morgan fingerprint density at radius 3 is 1.96 bits per heavy atom. The summed E-state index contributed by atoms with van der Waals surface area (Å²) in [5, 5.41) is 0. The highest BCUT2D eigenvalue weighted by atomic mass is 16.2. The minimum Gasteiger partial charge on any atom is -0.301 e. The first-order chi connectivity index (χ1) is 12.2. The van der Waals surface area contributed by atoms with Crippen LogP contribution < -0.4 is 0 Å². The maximum atomic E-state index is 12.3. The fraction of sp³-hybridized carbons (Fsp3) is 0.600. The molecule has 5 nitrogen and oxygen atoms in total. The number of benzene rings is 1. The highest BCUT2D eigenvalue weighted by Gasteiger charge is 2.34. The van der Waals surface area contributed by atoms with Gasteiger partial charge in [0.05, 0.1) is 11.1 Å². The van der Waals surface area contributed by atoms with Gasteiger partial charge in [-0.15, -0.1) is 0 Å². The van der Waals surface area contributed by atoms with E-state index < -0.39 is 0 Å². The van der Waals surface area contributed by atoms with Crippen LogP contribution in [0, 0.1) is 5.92 Å². The van der Waals surface area contributed by atoms with Gasteiger partial charge >= 0.3 is 0 Å². The standard InChI is InChI=1S/C20H27N3O2/c24-19-17-5-1-2-6-18(17)20(25)23(19)10-4-3-9-21-11-13-22(14-12-21)15-16-7-8-16/h1-2,5-6,16H,3-4,7-15H2. The lowest BCUT2D eigenvalue weighted by atomic mass is 10.1. The number of carbonyl (C=O) groups excluding carboxylic acids is 2. The van der Waals surface area contributed by atoms with Gasteiger partial charge in [0.15, 0.2) is 0 Å². The molecule has 1 saturated carbocycles. The molecule has 5 heteroatoms. The monoisotopic (exact) mass is 341 g/mol. The molecule has 0 unspecified atom stereocenters. The summed E-state index contributed by atoms with van der Waals surface area (Å²) >= 11 is 0. The Morgan fingerprint density at radius 2 is 1.36 bits per heavy atom. The van der Waals surface area contributed by atoms with Crippen molar-refractivity contribution < 1.29 is 9.59 Å². The molecule has 0 N–H and O–H groups in total. The van der Waals surface area contributed by atoms with Crippen LogP contribution in [0.1, 0.15) is 46.4 Å². The molecule has 0 atom stereocenters. The molecule has 0 bridgehead atoms. The number of fused-ring (bicyclic) bond motifs is 1. The minimum absolute atomic E-state index is 0.130. The first-order valence-electron chi connectivity index (χ1n) is 9.62. The predicted octanol–water partition coefficient (Wildman–Crippen LogP) is 2.09. The molecule has 25 heavy (non-hydrogen) atoms. The highest BCUT2D eigenvalue weighted by molar-refractivity contribution is 6.21. The molecule has 1 aliphatic carbocycles. The zero-order valence-electron chi connectivity index (χ0n) is 14.8. The van der Waals surface area contributed by atoms with Crippen LogP contribution in [0.25, 0.3) is 0 Å². The van der Waals surface area contributed by atoms with E-state index >= 15 is 0 Å². The van der Waals surface area contributed by atoms with Gasteiger partial charge in [-0.2, -0.15) is 0 Å². The van der Waals surface area contributed by atoms with Crippen molar-refractivity contribution >= 4 is 11.8 Å². The first kappa shape index (κ1) is 16.7. The summed E-state index contributed by atoms with van der Waals surface area (Å²) in [7, 11) is 0. The molecule has 1 aromatic carbocycles. The zero-order valence-corrected chi connectivity index (χ0v) is 14.8. The van der Waals surface area contributed by atoms with E-state index in [4.69, 9.17) is 0 Å². The van der Waals surface area contributed by atoms with Gasteiger partial charge in [-0.25, -0.2) is 0 Å². The molecule has 4 rings (SSSR count). The molecule has 2 heterocycles. The molecule has 3 aliphatic rings. The Labute approximate surface area is 149 Å². The third-order valence-electron chi connectivity index (χ3n) is 5.66. The van der Waals surface area contributed by atoms with Crippen LogP contribution in [0.2, 0.25) is 0 Å². The van der Waals surface area contributed by atoms with Gasteiger partial charge in [0.2, 0.25) is 0 Å². The summed E-state index contributed by atoms with van der Waals surface area (Å²) in [5.74, 6) is 0.717. The molecular weight excluding hydrogens is 314 g/mol. The number of imide groups is 1. The average Bonchev–Trinajstić information content (AvgIpc) is 3.42. The van der Waals surface area contributed by atoms with E-state index in [1.165, 1.54) is 37.4 Å². The molecule has 2 fully saturated rings. The van der Waals surface area contributed by atoms with E-state index in [1.54, 1.807) is 12.1 Å². The number of hydrogen-bond donors (Lipinski definition) is 0. The van der Waals surface area contributed by atoms with Gasteiger partial charge in [-0.1, -0.05) is 12.1 Å². The number of carbonyl (C=O) groups is 2. The maximum Gasteiger partial charge on any atom is 0.261 e. The zero-order chi connectivity index (χ0) is 17.2. The maximum absolute atomic E-state index is 12.3. The fourth-order valence-electron chi connectivity index (χ4n) is 3.91. The van der Waals surface area contributed by atoms with E-state index in [9.17, 15) is 9.59 Å². The lowest BCUT2D eigenvalue weighted by Crippen LogP contribution is -2.47. The Hall–Kier alpha value is -1.72. The second-order valence-electron chi connectivity index (χ2n) is 7.60. The Kier molecular flexibility index (Phi) is 4.86. The predicted molar refractivity (Wildman–Crippen MR) is 96.6 cm³/mol. The molecule has 2 amide bonds. The summed E-state index contributed by atoms with van der Waals surface area (Å²) < 4.78 is 0. The van der Waals surface area contributed by atoms with Crippen molar-refractivity contribution in [3.8, 4) is 0 Å². The molecule has 1 saturated heterocycles. The summed E-state index contributed by atoms with van der Waals surface area (Å²) in [6.45, 7) is 7.59. The van der Waals surface area contributed by atoms with E-state index in [1.807, 2.05) is 12.1 Å². The normalized spacial score (nSPS) is 21.8. The quantitative estimate of drug-likeness (QED) is 0.563. The van der Waals surface area contributed by atoms with Crippen molar-refractivity contribution in [3.63, 3.8) is 0 Å². The van der Waals surface area contributed by atoms with Crippen LogP contribution in [-0.4, -0.2) is 72.3 Å². The number of piperazine rings is 1. The van der Waals surface area contributed by atoms with Gasteiger partial charge in [-0.05, 0) is 50.3 Å². The number of nitrogens with zero attached hydrogens (tertiary/aromatic N) is 3. The second kappa shape index (κ2) is 7.26. The number of hydrogen-bond acceptors (Lipinski definition) is 4. The number of unbranched alkanes of at least 4 members (excludes halogenated alkanes) is 1. The topological polar surface area (TPSA) is 43.9 Å². The summed E-state index contributed by atoms with van der Waals surface area (Å²) in [6.07, 6.45) is 4.78. The number of rotatable bonds is 7. The summed E-state index contributed by atoms with van der Waals surface area (Å²) in [6, 6.07) is 7.13. The van der Waals surface area contributed by atoms with E-state index in [2.05, 4.69) is 9.80 Å². The van der Waals surface area contributed by atoms with Crippen molar-refractivity contribution in [3.05, 3.63) is 35.4 Å². The van der Waals surface area contributed by atoms with Crippen molar-refractivity contribution in [1.29, 1.82) is 0 Å². The average molecular weight is 341 g/mol. The van der Waals surface area contributed by atoms with Gasteiger partial charge in [0.25, 0.3) is 11.8 Å². The smallest absolute Gasteiger partial charge is 0.261 e. The van der Waals surface area contributed by atoms with Gasteiger partial charge in [0.1, 0.15) is 0 Å². The van der Waals surface area contributed by atoms with Crippen molar-refractivity contribution in [2.75, 3.05) is 45.8 Å². The SMILES string of the molecule is O=C1c2ccccc2C(=O)N1CCCCN1CCN(CC2CC2)CC1. The van der Waals surface area contributed by atoms with E-state index in [0.717, 1.165) is 38.4 Å². The van der Waals surface area contributed by atoms with E-state index in [0.29, 0.717) is 17.7 Å². The molecule has 2 aliphatic heterocycles. The number of amides is 2. The third kappa shape index (κ3) is 3.77. The Bertz CT molecular complexity index is 613. The van der Waals surface area contributed by atoms with Crippen LogP contribution in [-0.2, 0) is 0 Å². The van der Waals surface area contributed by atoms with Crippen LogP contribution >= 0.6 is 0 Å². The molecular formula is C20H27N3O2. The van der Waals surface area contributed by atoms with Crippen LogP contribution in [0.3, 0.4) is 0 Å². The van der Waals surface area contributed by atoms with Crippen LogP contribution in [0.5, 0.6) is 0 Å². The van der Waals surface area contributed by atoms with Crippen molar-refractivity contribution in [2.24, 2.45) is 5.92 Å². The lowest BCUT2D eigenvalue weighted by molar-refractivity contribution is 0.0648. The Morgan fingerprint density at radius 1 is 0.800 bits per heavy atom. The van der Waals surface area contributed by atoms with Crippen LogP contribution in [0.15, 0.2) is 24.3 Å². The Balaban J connectivity index is 1.17. The van der Waals surface area contributed by atoms with Gasteiger partial charge < -0.3 is 9.80 Å².